The number of carbonyl (C=O) groups excluding carboxylic acids is 1. The van der Waals surface area contributed by atoms with Crippen molar-refractivity contribution < 1.29 is 13.9 Å². The Balaban J connectivity index is 2.26. The molecule has 0 aromatic heterocycles. The Bertz CT molecular complexity index is 528. The molecule has 3 N–H and O–H groups in total. The fourth-order valence-electron chi connectivity index (χ4n) is 2.66. The van der Waals surface area contributed by atoms with Gasteiger partial charge in [-0.3, -0.25) is 5.32 Å². The highest BCUT2D eigenvalue weighted by atomic mass is 19.1. The fraction of sp³-hybridized carbons (Fsp3) is 0.562. The summed E-state index contributed by atoms with van der Waals surface area (Å²) in [5.74, 6) is -0.320. The molecule has 4 nitrogen and oxygen atoms in total. The third kappa shape index (κ3) is 3.53. The molecule has 5 heteroatoms. The molecule has 0 heterocycles. The summed E-state index contributed by atoms with van der Waals surface area (Å²) in [5, 5.41) is 2.72. The van der Waals surface area contributed by atoms with Gasteiger partial charge in [-0.25, -0.2) is 9.18 Å². The van der Waals surface area contributed by atoms with E-state index in [9.17, 15) is 9.18 Å². The van der Waals surface area contributed by atoms with Crippen molar-refractivity contribution >= 4 is 11.8 Å². The van der Waals surface area contributed by atoms with Crippen LogP contribution in [-0.4, -0.2) is 18.2 Å². The number of benzene rings is 1. The molecule has 1 saturated carbocycles. The zero-order valence-electron chi connectivity index (χ0n) is 12.8. The highest BCUT2D eigenvalue weighted by Crippen LogP contribution is 2.45. The van der Waals surface area contributed by atoms with Crippen molar-refractivity contribution in [2.24, 2.45) is 5.73 Å². The number of anilines is 1. The van der Waals surface area contributed by atoms with Crippen molar-refractivity contribution in [2.75, 3.05) is 11.9 Å². The molecule has 21 heavy (non-hydrogen) atoms. The minimum atomic E-state index is -0.577. The topological polar surface area (TPSA) is 64.3 Å². The number of ether oxygens (including phenoxy) is 1. The quantitative estimate of drug-likeness (QED) is 0.896. The number of rotatable bonds is 3. The van der Waals surface area contributed by atoms with E-state index in [1.54, 1.807) is 26.8 Å². The molecule has 1 aliphatic rings. The summed E-state index contributed by atoms with van der Waals surface area (Å²) >= 11 is 0. The van der Waals surface area contributed by atoms with E-state index in [0.29, 0.717) is 12.2 Å². The minimum absolute atomic E-state index is 0.230. The van der Waals surface area contributed by atoms with Gasteiger partial charge in [0.25, 0.3) is 0 Å². The van der Waals surface area contributed by atoms with Gasteiger partial charge in [-0.1, -0.05) is 6.42 Å². The first kappa shape index (κ1) is 15.8. The molecule has 2 rings (SSSR count). The van der Waals surface area contributed by atoms with E-state index in [4.69, 9.17) is 10.5 Å². The van der Waals surface area contributed by atoms with Gasteiger partial charge in [0.05, 0.1) is 0 Å². The van der Waals surface area contributed by atoms with Crippen molar-refractivity contribution in [1.82, 2.24) is 0 Å². The van der Waals surface area contributed by atoms with Crippen LogP contribution in [0.15, 0.2) is 18.2 Å². The van der Waals surface area contributed by atoms with Gasteiger partial charge in [0, 0.05) is 17.6 Å². The van der Waals surface area contributed by atoms with E-state index in [1.807, 2.05) is 0 Å². The first-order valence-corrected chi connectivity index (χ1v) is 7.26. The molecule has 0 atom stereocenters. The molecule has 1 fully saturated rings. The molecular formula is C16H23FN2O2. The van der Waals surface area contributed by atoms with Crippen LogP contribution >= 0.6 is 0 Å². The Kier molecular flexibility index (Phi) is 4.23. The zero-order chi connectivity index (χ0) is 15.7. The van der Waals surface area contributed by atoms with Crippen LogP contribution in [0.3, 0.4) is 0 Å². The molecular weight excluding hydrogens is 271 g/mol. The van der Waals surface area contributed by atoms with Crippen LogP contribution < -0.4 is 11.1 Å². The second-order valence-corrected chi connectivity index (χ2v) is 6.65. The normalized spacial score (nSPS) is 17.0. The van der Waals surface area contributed by atoms with Crippen molar-refractivity contribution in [3.8, 4) is 0 Å². The molecule has 0 bridgehead atoms. The SMILES string of the molecule is CC(C)(C)OC(=O)Nc1ccc(F)cc1C1(CN)CCC1. The van der Waals surface area contributed by atoms with E-state index < -0.39 is 11.7 Å². The molecule has 0 radical (unpaired) electrons. The Morgan fingerprint density at radius 2 is 2.10 bits per heavy atom. The van der Waals surface area contributed by atoms with Crippen LogP contribution in [0.5, 0.6) is 0 Å². The predicted octanol–water partition coefficient (Wildman–Crippen LogP) is 3.55. The number of nitrogens with two attached hydrogens (primary N) is 1. The third-order valence-electron chi connectivity index (χ3n) is 3.89. The standard InChI is InChI=1S/C16H23FN2O2/c1-15(2,3)21-14(20)19-13-6-5-11(17)9-12(13)16(10-18)7-4-8-16/h5-6,9H,4,7-8,10,18H2,1-3H3,(H,19,20). The van der Waals surface area contributed by atoms with E-state index in [-0.39, 0.29) is 11.2 Å². The van der Waals surface area contributed by atoms with Crippen molar-refractivity contribution in [3.63, 3.8) is 0 Å². The lowest BCUT2D eigenvalue weighted by Crippen LogP contribution is -2.42. The summed E-state index contributed by atoms with van der Waals surface area (Å²) in [6.45, 7) is 5.84. The Morgan fingerprint density at radius 1 is 1.43 bits per heavy atom. The van der Waals surface area contributed by atoms with E-state index in [0.717, 1.165) is 24.8 Å². The molecule has 116 valence electrons. The second-order valence-electron chi connectivity index (χ2n) is 6.65. The molecule has 1 aliphatic carbocycles. The zero-order valence-corrected chi connectivity index (χ0v) is 12.8. The van der Waals surface area contributed by atoms with Crippen molar-refractivity contribution in [1.29, 1.82) is 0 Å². The average Bonchev–Trinajstić information content (AvgIpc) is 2.29. The van der Waals surface area contributed by atoms with Crippen LogP contribution in [0, 0.1) is 5.82 Å². The number of amides is 1. The van der Waals surface area contributed by atoms with Crippen LogP contribution in [0.25, 0.3) is 0 Å². The maximum Gasteiger partial charge on any atom is 0.412 e. The average molecular weight is 294 g/mol. The van der Waals surface area contributed by atoms with Gasteiger partial charge in [-0.2, -0.15) is 0 Å². The Morgan fingerprint density at radius 3 is 2.57 bits per heavy atom. The van der Waals surface area contributed by atoms with E-state index >= 15 is 0 Å². The van der Waals surface area contributed by atoms with Gasteiger partial charge in [0.15, 0.2) is 0 Å². The van der Waals surface area contributed by atoms with Crippen LogP contribution in [0.1, 0.15) is 45.6 Å². The lowest BCUT2D eigenvalue weighted by Gasteiger charge is -2.42. The fourth-order valence-corrected chi connectivity index (χ4v) is 2.66. The summed E-state index contributed by atoms with van der Waals surface area (Å²) in [5.41, 5.74) is 6.42. The number of nitrogens with one attached hydrogen (secondary N) is 1. The van der Waals surface area contributed by atoms with Gasteiger partial charge in [-0.05, 0) is 57.4 Å². The van der Waals surface area contributed by atoms with Crippen molar-refractivity contribution in [2.45, 2.75) is 51.0 Å². The Labute approximate surface area is 124 Å². The van der Waals surface area contributed by atoms with E-state index in [2.05, 4.69) is 5.32 Å². The number of hydrogen-bond acceptors (Lipinski definition) is 3. The molecule has 0 saturated heterocycles. The van der Waals surface area contributed by atoms with Crippen molar-refractivity contribution in [3.05, 3.63) is 29.6 Å². The van der Waals surface area contributed by atoms with Crippen LogP contribution in [0.2, 0.25) is 0 Å². The monoisotopic (exact) mass is 294 g/mol. The van der Waals surface area contributed by atoms with Gasteiger partial charge in [-0.15, -0.1) is 0 Å². The van der Waals surface area contributed by atoms with Gasteiger partial charge in [0.1, 0.15) is 11.4 Å². The first-order chi connectivity index (χ1) is 9.76. The maximum absolute atomic E-state index is 13.6. The largest absolute Gasteiger partial charge is 0.444 e. The third-order valence-corrected chi connectivity index (χ3v) is 3.89. The first-order valence-electron chi connectivity index (χ1n) is 7.26. The number of carbonyl (C=O) groups is 1. The molecule has 1 aromatic rings. The molecule has 0 aliphatic heterocycles. The molecule has 0 unspecified atom stereocenters. The van der Waals surface area contributed by atoms with Crippen LogP contribution in [0.4, 0.5) is 14.9 Å². The van der Waals surface area contributed by atoms with Gasteiger partial charge in [0.2, 0.25) is 0 Å². The summed E-state index contributed by atoms with van der Waals surface area (Å²) in [4.78, 5) is 11.9. The molecule has 1 amide bonds. The van der Waals surface area contributed by atoms with Gasteiger partial charge < -0.3 is 10.5 Å². The summed E-state index contributed by atoms with van der Waals surface area (Å²) < 4.78 is 18.8. The summed E-state index contributed by atoms with van der Waals surface area (Å²) in [6.07, 6.45) is 2.35. The number of hydrogen-bond donors (Lipinski definition) is 2. The van der Waals surface area contributed by atoms with Crippen LogP contribution in [-0.2, 0) is 10.2 Å². The molecule has 1 aromatic carbocycles. The number of halogens is 1. The van der Waals surface area contributed by atoms with E-state index in [1.165, 1.54) is 12.1 Å². The minimum Gasteiger partial charge on any atom is -0.444 e. The highest BCUT2D eigenvalue weighted by Gasteiger charge is 2.39. The maximum atomic E-state index is 13.6. The lowest BCUT2D eigenvalue weighted by molar-refractivity contribution is 0.0635. The predicted molar refractivity (Wildman–Crippen MR) is 80.8 cm³/mol. The lowest BCUT2D eigenvalue weighted by atomic mass is 9.64. The summed E-state index contributed by atoms with van der Waals surface area (Å²) in [6, 6.07) is 4.38. The molecule has 0 spiro atoms. The summed E-state index contributed by atoms with van der Waals surface area (Å²) in [7, 11) is 0. The second kappa shape index (κ2) is 5.64. The Hall–Kier alpha value is -1.62. The smallest absolute Gasteiger partial charge is 0.412 e. The highest BCUT2D eigenvalue weighted by molar-refractivity contribution is 5.86. The van der Waals surface area contributed by atoms with Gasteiger partial charge >= 0.3 is 6.09 Å².